The number of nitrogens with zero attached hydrogens (tertiary/aromatic N) is 2. The third-order valence-electron chi connectivity index (χ3n) is 7.49. The number of carbonyl (C=O) groups is 1. The van der Waals surface area contributed by atoms with Crippen LogP contribution in [0.2, 0.25) is 0 Å². The fraction of sp³-hybridized carbons (Fsp3) is 0.235. The van der Waals surface area contributed by atoms with Crippen LogP contribution in [0, 0.1) is 11.3 Å². The van der Waals surface area contributed by atoms with Crippen molar-refractivity contribution in [3.8, 4) is 29.1 Å². The van der Waals surface area contributed by atoms with Crippen LogP contribution in [0.1, 0.15) is 38.7 Å². The summed E-state index contributed by atoms with van der Waals surface area (Å²) in [5.74, 6) is 2.49. The zero-order chi connectivity index (χ0) is 29.6. The Bertz CT molecular complexity index is 1650. The minimum absolute atomic E-state index is 0.0709. The first-order valence-electron chi connectivity index (χ1n) is 13.5. The Labute approximate surface area is 250 Å². The number of fused-ring (bicyclic) bond motifs is 1. The quantitative estimate of drug-likeness (QED) is 0.217. The van der Waals surface area contributed by atoms with E-state index in [0.29, 0.717) is 53.5 Å². The molecule has 7 nitrogen and oxygen atoms in total. The van der Waals surface area contributed by atoms with Crippen molar-refractivity contribution in [2.75, 3.05) is 35.0 Å². The molecular formula is C34H32N2O5S. The maximum absolute atomic E-state index is 14.4. The maximum atomic E-state index is 14.4. The highest BCUT2D eigenvalue weighted by molar-refractivity contribution is 7.99. The van der Waals surface area contributed by atoms with Gasteiger partial charge in [0, 0.05) is 16.3 Å². The van der Waals surface area contributed by atoms with Gasteiger partial charge < -0.3 is 23.8 Å². The molecular weight excluding hydrogens is 548 g/mol. The normalized spacial score (nSPS) is 14.0. The van der Waals surface area contributed by atoms with Crippen molar-refractivity contribution in [2.45, 2.75) is 28.7 Å². The van der Waals surface area contributed by atoms with Crippen LogP contribution in [-0.4, -0.2) is 45.8 Å². The molecule has 1 heterocycles. The molecule has 0 bridgehead atoms. The molecule has 4 aromatic rings. The molecule has 0 saturated carbocycles. The zero-order valence-electron chi connectivity index (χ0n) is 24.0. The third kappa shape index (κ3) is 5.74. The highest BCUT2D eigenvalue weighted by Gasteiger charge is 2.34. The fourth-order valence-corrected chi connectivity index (χ4v) is 6.39. The minimum Gasteiger partial charge on any atom is -0.493 e. The van der Waals surface area contributed by atoms with Gasteiger partial charge in [-0.2, -0.15) is 5.26 Å². The van der Waals surface area contributed by atoms with E-state index in [1.54, 1.807) is 34.5 Å². The molecule has 1 aliphatic rings. The van der Waals surface area contributed by atoms with Crippen molar-refractivity contribution >= 4 is 17.7 Å². The van der Waals surface area contributed by atoms with Crippen LogP contribution in [0.25, 0.3) is 0 Å². The monoisotopic (exact) mass is 580 g/mol. The summed E-state index contributed by atoms with van der Waals surface area (Å²) in [5.41, 5.74) is 4.30. The Kier molecular flexibility index (Phi) is 8.89. The molecule has 0 fully saturated rings. The van der Waals surface area contributed by atoms with Crippen LogP contribution in [0.15, 0.2) is 88.7 Å². The van der Waals surface area contributed by atoms with Crippen molar-refractivity contribution in [1.82, 2.24) is 4.90 Å². The minimum atomic E-state index is -0.274. The van der Waals surface area contributed by atoms with Crippen molar-refractivity contribution in [1.29, 1.82) is 5.26 Å². The van der Waals surface area contributed by atoms with E-state index in [1.165, 1.54) is 11.8 Å². The van der Waals surface area contributed by atoms with Gasteiger partial charge in [-0.15, -0.1) is 0 Å². The molecule has 4 aromatic carbocycles. The lowest BCUT2D eigenvalue weighted by Crippen LogP contribution is -2.41. The standard InChI is InChI=1S/C34H32N2O5S/c1-38-28-14-13-22(18-29(28)39-2)17-27-26-20-31(41-4)30(40-3)19-23(26)15-16-36(27)34(37)25-10-6-8-12-33(25)42-32-11-7-5-9-24(32)21-35/h5-14,18-20,27H,15-17H2,1-4H3. The summed E-state index contributed by atoms with van der Waals surface area (Å²) >= 11 is 1.43. The second-order valence-electron chi connectivity index (χ2n) is 9.77. The number of hydrogen-bond acceptors (Lipinski definition) is 7. The van der Waals surface area contributed by atoms with Crippen LogP contribution >= 0.6 is 11.8 Å². The number of hydrogen-bond donors (Lipinski definition) is 0. The molecule has 1 atom stereocenters. The molecule has 1 amide bonds. The molecule has 0 spiro atoms. The van der Waals surface area contributed by atoms with Crippen LogP contribution in [-0.2, 0) is 12.8 Å². The largest absolute Gasteiger partial charge is 0.493 e. The van der Waals surface area contributed by atoms with E-state index in [1.807, 2.05) is 77.7 Å². The molecule has 5 rings (SSSR count). The first-order valence-corrected chi connectivity index (χ1v) is 14.4. The first-order chi connectivity index (χ1) is 20.5. The SMILES string of the molecule is COc1ccc(CC2c3cc(OC)c(OC)cc3CCN2C(=O)c2ccccc2Sc2ccccc2C#N)cc1OC. The molecule has 0 aliphatic carbocycles. The second kappa shape index (κ2) is 12.9. The predicted molar refractivity (Wildman–Crippen MR) is 162 cm³/mol. The van der Waals surface area contributed by atoms with Gasteiger partial charge in [0.25, 0.3) is 5.91 Å². The van der Waals surface area contributed by atoms with Crippen LogP contribution in [0.4, 0.5) is 0 Å². The fourth-order valence-electron chi connectivity index (χ4n) is 5.38. The number of amides is 1. The van der Waals surface area contributed by atoms with E-state index in [4.69, 9.17) is 18.9 Å². The lowest BCUT2D eigenvalue weighted by molar-refractivity contribution is 0.0656. The Morgan fingerprint density at radius 1 is 0.833 bits per heavy atom. The number of methoxy groups -OCH3 is 4. The molecule has 0 saturated heterocycles. The molecule has 0 radical (unpaired) electrons. The van der Waals surface area contributed by atoms with Crippen molar-refractivity contribution < 1.29 is 23.7 Å². The highest BCUT2D eigenvalue weighted by atomic mass is 32.2. The third-order valence-corrected chi connectivity index (χ3v) is 8.64. The Hall–Kier alpha value is -4.61. The average Bonchev–Trinajstić information content (AvgIpc) is 3.04. The molecule has 0 N–H and O–H groups in total. The Morgan fingerprint density at radius 2 is 1.48 bits per heavy atom. The van der Waals surface area contributed by atoms with Gasteiger partial charge in [0.1, 0.15) is 6.07 Å². The number of ether oxygens (including phenoxy) is 4. The van der Waals surface area contributed by atoms with Crippen molar-refractivity contribution in [3.63, 3.8) is 0 Å². The van der Waals surface area contributed by atoms with E-state index in [-0.39, 0.29) is 11.9 Å². The second-order valence-corrected chi connectivity index (χ2v) is 10.9. The van der Waals surface area contributed by atoms with Gasteiger partial charge in [0.15, 0.2) is 23.0 Å². The molecule has 42 heavy (non-hydrogen) atoms. The number of nitriles is 1. The first kappa shape index (κ1) is 28.9. The van der Waals surface area contributed by atoms with Crippen LogP contribution < -0.4 is 18.9 Å². The maximum Gasteiger partial charge on any atom is 0.255 e. The Morgan fingerprint density at radius 3 is 2.19 bits per heavy atom. The summed E-state index contributed by atoms with van der Waals surface area (Å²) in [6.07, 6.45) is 1.23. The van der Waals surface area contributed by atoms with Gasteiger partial charge in [-0.1, -0.05) is 42.1 Å². The van der Waals surface area contributed by atoms with Gasteiger partial charge in [0.05, 0.1) is 45.6 Å². The summed E-state index contributed by atoms with van der Waals surface area (Å²) in [5, 5.41) is 9.62. The molecule has 1 unspecified atom stereocenters. The molecule has 214 valence electrons. The topological polar surface area (TPSA) is 81.0 Å². The van der Waals surface area contributed by atoms with Gasteiger partial charge in [-0.3, -0.25) is 4.79 Å². The number of carbonyl (C=O) groups excluding carboxylic acids is 1. The lowest BCUT2D eigenvalue weighted by atomic mass is 9.87. The van der Waals surface area contributed by atoms with E-state index in [2.05, 4.69) is 6.07 Å². The van der Waals surface area contributed by atoms with E-state index in [9.17, 15) is 10.1 Å². The average molecular weight is 581 g/mol. The molecule has 0 aromatic heterocycles. The summed E-state index contributed by atoms with van der Waals surface area (Å²) in [6.45, 7) is 0.535. The van der Waals surface area contributed by atoms with E-state index in [0.717, 1.165) is 26.5 Å². The number of rotatable bonds is 9. The van der Waals surface area contributed by atoms with Gasteiger partial charge >= 0.3 is 0 Å². The Balaban J connectivity index is 1.57. The van der Waals surface area contributed by atoms with E-state index < -0.39 is 0 Å². The summed E-state index contributed by atoms with van der Waals surface area (Å²) in [6, 6.07) is 26.8. The summed E-state index contributed by atoms with van der Waals surface area (Å²) in [4.78, 5) is 18.0. The van der Waals surface area contributed by atoms with Gasteiger partial charge in [-0.05, 0) is 78.1 Å². The highest BCUT2D eigenvalue weighted by Crippen LogP contribution is 2.42. The number of benzene rings is 4. The summed E-state index contributed by atoms with van der Waals surface area (Å²) < 4.78 is 22.3. The predicted octanol–water partition coefficient (Wildman–Crippen LogP) is 6.73. The smallest absolute Gasteiger partial charge is 0.255 e. The zero-order valence-corrected chi connectivity index (χ0v) is 24.9. The van der Waals surface area contributed by atoms with Crippen molar-refractivity contribution in [3.05, 3.63) is 107 Å². The van der Waals surface area contributed by atoms with Crippen LogP contribution in [0.5, 0.6) is 23.0 Å². The summed E-state index contributed by atoms with van der Waals surface area (Å²) in [7, 11) is 6.47. The molecule has 1 aliphatic heterocycles. The molecule has 8 heteroatoms. The van der Waals surface area contributed by atoms with E-state index >= 15 is 0 Å². The van der Waals surface area contributed by atoms with Crippen LogP contribution in [0.3, 0.4) is 0 Å². The van der Waals surface area contributed by atoms with Gasteiger partial charge in [0.2, 0.25) is 0 Å². The van der Waals surface area contributed by atoms with Crippen molar-refractivity contribution in [2.24, 2.45) is 0 Å². The van der Waals surface area contributed by atoms with Gasteiger partial charge in [-0.25, -0.2) is 0 Å². The lowest BCUT2D eigenvalue weighted by Gasteiger charge is -2.38.